The van der Waals surface area contributed by atoms with Gasteiger partial charge in [-0.25, -0.2) is 0 Å². The average Bonchev–Trinajstić information content (AvgIpc) is 2.52. The average molecular weight is 308 g/mol. The summed E-state index contributed by atoms with van der Waals surface area (Å²) in [6.07, 6.45) is 0.841. The van der Waals surface area contributed by atoms with Crippen molar-refractivity contribution >= 4 is 11.9 Å². The molecule has 0 saturated carbocycles. The van der Waals surface area contributed by atoms with Gasteiger partial charge in [-0.3, -0.25) is 4.90 Å². The number of hydrogen-bond donors (Lipinski definition) is 1. The summed E-state index contributed by atoms with van der Waals surface area (Å²) in [6, 6.07) is 0. The van der Waals surface area contributed by atoms with E-state index in [-0.39, 0.29) is 12.5 Å². The zero-order chi connectivity index (χ0) is 16.1. The third-order valence-electron chi connectivity index (χ3n) is 3.83. The molecule has 0 unspecified atom stereocenters. The lowest BCUT2D eigenvalue weighted by molar-refractivity contribution is 0.215. The third-order valence-corrected chi connectivity index (χ3v) is 3.83. The Kier molecular flexibility index (Phi) is 5.90. The van der Waals surface area contributed by atoms with Crippen LogP contribution >= 0.6 is 0 Å². The number of hydrogen-bond acceptors (Lipinski definition) is 7. The normalized spacial score (nSPS) is 16.4. The van der Waals surface area contributed by atoms with Gasteiger partial charge in [0.2, 0.25) is 11.9 Å². The summed E-state index contributed by atoms with van der Waals surface area (Å²) in [5.74, 6) is 2.63. The molecule has 0 aromatic carbocycles. The van der Waals surface area contributed by atoms with Crippen LogP contribution in [0.4, 0.5) is 11.9 Å². The van der Waals surface area contributed by atoms with E-state index < -0.39 is 0 Å². The molecule has 1 fully saturated rings. The molecule has 7 heteroatoms. The lowest BCUT2D eigenvalue weighted by Gasteiger charge is -2.35. The molecule has 0 atom stereocenters. The fourth-order valence-electron chi connectivity index (χ4n) is 2.43. The van der Waals surface area contributed by atoms with Crippen molar-refractivity contribution in [2.45, 2.75) is 26.2 Å². The first-order chi connectivity index (χ1) is 10.5. The highest BCUT2D eigenvalue weighted by molar-refractivity contribution is 5.39. The number of rotatable bonds is 6. The van der Waals surface area contributed by atoms with Crippen molar-refractivity contribution in [2.75, 3.05) is 63.2 Å². The highest BCUT2D eigenvalue weighted by Crippen LogP contribution is 2.18. The van der Waals surface area contributed by atoms with E-state index in [1.165, 1.54) is 0 Å². The van der Waals surface area contributed by atoms with Gasteiger partial charge >= 0.3 is 0 Å². The van der Waals surface area contributed by atoms with Gasteiger partial charge in [-0.05, 0) is 6.42 Å². The molecule has 7 nitrogen and oxygen atoms in total. The molecule has 0 amide bonds. The molecule has 1 aromatic rings. The van der Waals surface area contributed by atoms with Gasteiger partial charge in [-0.2, -0.15) is 15.0 Å². The first-order valence-electron chi connectivity index (χ1n) is 8.02. The molecule has 2 heterocycles. The van der Waals surface area contributed by atoms with E-state index in [1.807, 2.05) is 19.0 Å². The van der Waals surface area contributed by atoms with Crippen molar-refractivity contribution < 1.29 is 5.11 Å². The predicted octanol–water partition coefficient (Wildman–Crippen LogP) is 0.565. The monoisotopic (exact) mass is 308 g/mol. The Bertz CT molecular complexity index is 445. The summed E-state index contributed by atoms with van der Waals surface area (Å²) in [7, 11) is 3.91. The molecule has 0 radical (unpaired) electrons. The maximum atomic E-state index is 8.92. The second kappa shape index (κ2) is 7.69. The van der Waals surface area contributed by atoms with Gasteiger partial charge in [0, 0.05) is 59.3 Å². The van der Waals surface area contributed by atoms with Crippen LogP contribution in [0.1, 0.15) is 32.0 Å². The van der Waals surface area contributed by atoms with E-state index in [2.05, 4.69) is 38.6 Å². The van der Waals surface area contributed by atoms with E-state index in [1.54, 1.807) is 0 Å². The molecule has 1 aromatic heterocycles. The molecule has 1 N–H and O–H groups in total. The summed E-state index contributed by atoms with van der Waals surface area (Å²) >= 11 is 0. The lowest BCUT2D eigenvalue weighted by atomic mass is 10.2. The molecule has 1 aliphatic rings. The predicted molar refractivity (Wildman–Crippen MR) is 88.6 cm³/mol. The van der Waals surface area contributed by atoms with Crippen LogP contribution < -0.4 is 9.80 Å². The van der Waals surface area contributed by atoms with Crippen molar-refractivity contribution in [1.82, 2.24) is 19.9 Å². The quantitative estimate of drug-likeness (QED) is 0.823. The van der Waals surface area contributed by atoms with Crippen molar-refractivity contribution in [3.63, 3.8) is 0 Å². The third kappa shape index (κ3) is 4.27. The number of aliphatic hydroxyl groups is 1. The van der Waals surface area contributed by atoms with Gasteiger partial charge in [0.25, 0.3) is 0 Å². The molecular formula is C15H28N6O. The molecule has 2 rings (SSSR count). The van der Waals surface area contributed by atoms with Gasteiger partial charge in [0.1, 0.15) is 5.82 Å². The molecule has 0 spiro atoms. The van der Waals surface area contributed by atoms with Crippen LogP contribution in [0.25, 0.3) is 0 Å². The summed E-state index contributed by atoms with van der Waals surface area (Å²) in [6.45, 7) is 9.23. The van der Waals surface area contributed by atoms with Gasteiger partial charge in [-0.1, -0.05) is 13.8 Å². The van der Waals surface area contributed by atoms with E-state index in [0.29, 0.717) is 0 Å². The number of aromatic nitrogens is 3. The molecule has 124 valence electrons. The molecule has 0 bridgehead atoms. The minimum Gasteiger partial charge on any atom is -0.396 e. The summed E-state index contributed by atoms with van der Waals surface area (Å²) in [5, 5.41) is 8.92. The first kappa shape index (κ1) is 16.9. The van der Waals surface area contributed by atoms with Gasteiger partial charge in [0.15, 0.2) is 0 Å². The zero-order valence-electron chi connectivity index (χ0n) is 14.2. The van der Waals surface area contributed by atoms with Gasteiger partial charge < -0.3 is 14.9 Å². The minimum atomic E-state index is 0.262. The van der Waals surface area contributed by atoms with E-state index in [4.69, 9.17) is 5.11 Å². The van der Waals surface area contributed by atoms with E-state index in [0.717, 1.165) is 56.9 Å². The van der Waals surface area contributed by atoms with Crippen molar-refractivity contribution in [1.29, 1.82) is 0 Å². The number of piperazine rings is 1. The Labute approximate surface area is 133 Å². The van der Waals surface area contributed by atoms with Crippen molar-refractivity contribution in [3.05, 3.63) is 5.82 Å². The Morgan fingerprint density at radius 1 is 1.09 bits per heavy atom. The maximum Gasteiger partial charge on any atom is 0.230 e. The van der Waals surface area contributed by atoms with E-state index >= 15 is 0 Å². The smallest absolute Gasteiger partial charge is 0.230 e. The van der Waals surface area contributed by atoms with Crippen LogP contribution in [0, 0.1) is 0 Å². The first-order valence-corrected chi connectivity index (χ1v) is 8.02. The second-order valence-electron chi connectivity index (χ2n) is 6.25. The zero-order valence-corrected chi connectivity index (χ0v) is 14.2. The SMILES string of the molecule is CC(C)c1nc(N(C)C)nc(N2CCN(CCCO)CC2)n1. The Morgan fingerprint density at radius 3 is 2.32 bits per heavy atom. The van der Waals surface area contributed by atoms with Crippen LogP contribution in [0.5, 0.6) is 0 Å². The summed E-state index contributed by atoms with van der Waals surface area (Å²) in [5.41, 5.74) is 0. The van der Waals surface area contributed by atoms with Crippen LogP contribution in [-0.4, -0.2) is 78.4 Å². The highest BCUT2D eigenvalue weighted by Gasteiger charge is 2.21. The fourth-order valence-corrected chi connectivity index (χ4v) is 2.43. The number of aliphatic hydroxyl groups excluding tert-OH is 1. The molecule has 22 heavy (non-hydrogen) atoms. The Balaban J connectivity index is 2.09. The molecular weight excluding hydrogens is 280 g/mol. The number of anilines is 2. The summed E-state index contributed by atoms with van der Waals surface area (Å²) in [4.78, 5) is 20.3. The summed E-state index contributed by atoms with van der Waals surface area (Å²) < 4.78 is 0. The lowest BCUT2D eigenvalue weighted by Crippen LogP contribution is -2.47. The van der Waals surface area contributed by atoms with Gasteiger partial charge in [0.05, 0.1) is 0 Å². The Morgan fingerprint density at radius 2 is 1.77 bits per heavy atom. The maximum absolute atomic E-state index is 8.92. The van der Waals surface area contributed by atoms with Crippen LogP contribution in [0.2, 0.25) is 0 Å². The van der Waals surface area contributed by atoms with Crippen LogP contribution in [0.15, 0.2) is 0 Å². The van der Waals surface area contributed by atoms with Crippen molar-refractivity contribution in [3.8, 4) is 0 Å². The Hall–Kier alpha value is -1.47. The number of nitrogens with zero attached hydrogens (tertiary/aromatic N) is 6. The van der Waals surface area contributed by atoms with Gasteiger partial charge in [-0.15, -0.1) is 0 Å². The largest absolute Gasteiger partial charge is 0.396 e. The fraction of sp³-hybridized carbons (Fsp3) is 0.800. The molecule has 1 aliphatic heterocycles. The molecule has 0 aliphatic carbocycles. The standard InChI is InChI=1S/C15H28N6O/c1-12(2)13-16-14(19(3)4)18-15(17-13)21-9-7-20(8-10-21)6-5-11-22/h12,22H,5-11H2,1-4H3. The van der Waals surface area contributed by atoms with E-state index in [9.17, 15) is 0 Å². The highest BCUT2D eigenvalue weighted by atomic mass is 16.3. The second-order valence-corrected chi connectivity index (χ2v) is 6.25. The van der Waals surface area contributed by atoms with Crippen LogP contribution in [0.3, 0.4) is 0 Å². The topological polar surface area (TPSA) is 68.6 Å². The molecule has 1 saturated heterocycles. The van der Waals surface area contributed by atoms with Crippen molar-refractivity contribution in [2.24, 2.45) is 0 Å². The minimum absolute atomic E-state index is 0.262. The van der Waals surface area contributed by atoms with Crippen LogP contribution in [-0.2, 0) is 0 Å².